The van der Waals surface area contributed by atoms with E-state index in [1.165, 1.54) is 12.1 Å². The monoisotopic (exact) mass is 418 g/mol. The molecule has 4 rings (SSSR count). The predicted molar refractivity (Wildman–Crippen MR) is 109 cm³/mol. The largest absolute Gasteiger partial charge is 0.486 e. The fraction of sp³-hybridized carbons (Fsp3) is 0.409. The molecular weight excluding hydrogens is 395 g/mol. The molecule has 2 heterocycles. The van der Waals surface area contributed by atoms with Gasteiger partial charge in [0.05, 0.1) is 11.4 Å². The Morgan fingerprint density at radius 1 is 1.00 bits per heavy atom. The van der Waals surface area contributed by atoms with Crippen molar-refractivity contribution in [2.45, 2.75) is 19.4 Å². The van der Waals surface area contributed by atoms with E-state index in [1.54, 1.807) is 6.07 Å². The van der Waals surface area contributed by atoms with E-state index in [1.807, 2.05) is 23.1 Å². The number of carbonyl (C=O) groups is 1. The number of rotatable bonds is 4. The number of halogens is 2. The van der Waals surface area contributed by atoms with Gasteiger partial charge in [-0.05, 0) is 41.8 Å². The number of amides is 1. The van der Waals surface area contributed by atoms with Gasteiger partial charge in [-0.1, -0.05) is 23.7 Å². The highest BCUT2D eigenvalue weighted by atomic mass is 35.5. The molecule has 2 aromatic rings. The van der Waals surface area contributed by atoms with Gasteiger partial charge in [0.25, 0.3) is 0 Å². The summed E-state index contributed by atoms with van der Waals surface area (Å²) in [7, 11) is 0. The van der Waals surface area contributed by atoms with Crippen molar-refractivity contribution in [2.75, 3.05) is 39.4 Å². The van der Waals surface area contributed by atoms with Crippen LogP contribution in [0, 0.1) is 5.82 Å². The van der Waals surface area contributed by atoms with Gasteiger partial charge in [0.15, 0.2) is 11.5 Å². The third-order valence-electron chi connectivity index (χ3n) is 5.27. The van der Waals surface area contributed by atoms with Crippen molar-refractivity contribution in [2.24, 2.45) is 0 Å². The first-order valence-electron chi connectivity index (χ1n) is 9.91. The summed E-state index contributed by atoms with van der Waals surface area (Å²) in [5, 5.41) is 0.478. The molecule has 2 aromatic carbocycles. The summed E-state index contributed by atoms with van der Waals surface area (Å²) in [4.78, 5) is 17.1. The number of benzene rings is 2. The maximum atomic E-state index is 13.1. The zero-order chi connectivity index (χ0) is 20.2. The van der Waals surface area contributed by atoms with E-state index in [0.717, 1.165) is 43.7 Å². The van der Waals surface area contributed by atoms with Gasteiger partial charge in [-0.2, -0.15) is 0 Å². The fourth-order valence-corrected chi connectivity index (χ4v) is 4.07. The van der Waals surface area contributed by atoms with Crippen LogP contribution in [0.4, 0.5) is 4.39 Å². The van der Waals surface area contributed by atoms with Crippen LogP contribution in [0.2, 0.25) is 5.02 Å². The lowest BCUT2D eigenvalue weighted by Crippen LogP contribution is -2.36. The van der Waals surface area contributed by atoms with Crippen LogP contribution in [0.3, 0.4) is 0 Å². The zero-order valence-corrected chi connectivity index (χ0v) is 17.0. The van der Waals surface area contributed by atoms with Crippen LogP contribution in [0.5, 0.6) is 11.5 Å². The molecule has 0 radical (unpaired) electrons. The molecule has 7 heteroatoms. The lowest BCUT2D eigenvalue weighted by molar-refractivity contribution is -0.130. The van der Waals surface area contributed by atoms with E-state index in [-0.39, 0.29) is 18.1 Å². The predicted octanol–water partition coefficient (Wildman–Crippen LogP) is 3.53. The summed E-state index contributed by atoms with van der Waals surface area (Å²) in [6.45, 7) is 4.85. The van der Waals surface area contributed by atoms with Crippen molar-refractivity contribution in [3.63, 3.8) is 0 Å². The Bertz CT molecular complexity index is 875. The standard InChI is InChI=1S/C22H24ClFN2O3/c23-19-12-17(13-20-22(19)29-11-10-28-20)14-21(27)26-7-1-6-25(8-9-26)15-16-2-4-18(24)5-3-16/h2-5,12-13H,1,6-11,14-15H2. The second-order valence-electron chi connectivity index (χ2n) is 7.42. The third kappa shape index (κ3) is 5.00. The highest BCUT2D eigenvalue weighted by molar-refractivity contribution is 6.32. The number of ether oxygens (including phenoxy) is 2. The van der Waals surface area contributed by atoms with Crippen LogP contribution in [0.1, 0.15) is 17.5 Å². The Hall–Kier alpha value is -2.31. The second-order valence-corrected chi connectivity index (χ2v) is 7.82. The van der Waals surface area contributed by atoms with Gasteiger partial charge >= 0.3 is 0 Å². The summed E-state index contributed by atoms with van der Waals surface area (Å²) in [6, 6.07) is 10.2. The molecule has 0 spiro atoms. The second kappa shape index (κ2) is 9.01. The minimum Gasteiger partial charge on any atom is -0.486 e. The molecule has 2 aliphatic rings. The minimum absolute atomic E-state index is 0.0846. The molecule has 0 saturated carbocycles. The highest BCUT2D eigenvalue weighted by Gasteiger charge is 2.22. The van der Waals surface area contributed by atoms with Gasteiger partial charge in [-0.3, -0.25) is 9.69 Å². The van der Waals surface area contributed by atoms with Crippen LogP contribution in [0.25, 0.3) is 0 Å². The lowest BCUT2D eigenvalue weighted by Gasteiger charge is -2.23. The number of fused-ring (bicyclic) bond motifs is 1. The first kappa shape index (κ1) is 20.0. The topological polar surface area (TPSA) is 42.0 Å². The Balaban J connectivity index is 1.35. The van der Waals surface area contributed by atoms with Crippen LogP contribution < -0.4 is 9.47 Å². The van der Waals surface area contributed by atoms with Gasteiger partial charge in [-0.15, -0.1) is 0 Å². The summed E-state index contributed by atoms with van der Waals surface area (Å²) >= 11 is 6.29. The van der Waals surface area contributed by atoms with Crippen LogP contribution in [-0.2, 0) is 17.8 Å². The Morgan fingerprint density at radius 3 is 2.62 bits per heavy atom. The zero-order valence-electron chi connectivity index (χ0n) is 16.2. The summed E-state index contributed by atoms with van der Waals surface area (Å²) in [6.07, 6.45) is 1.20. The average Bonchev–Trinajstić information content (AvgIpc) is 2.95. The first-order valence-corrected chi connectivity index (χ1v) is 10.3. The molecule has 5 nitrogen and oxygen atoms in total. The normalized spacial score (nSPS) is 17.1. The van der Waals surface area contributed by atoms with Crippen molar-refractivity contribution >= 4 is 17.5 Å². The molecule has 0 unspecified atom stereocenters. The van der Waals surface area contributed by atoms with Gasteiger partial charge in [-0.25, -0.2) is 4.39 Å². The molecule has 0 aliphatic carbocycles. The minimum atomic E-state index is -0.222. The maximum absolute atomic E-state index is 13.1. The van der Waals surface area contributed by atoms with E-state index < -0.39 is 0 Å². The van der Waals surface area contributed by atoms with Crippen molar-refractivity contribution in [3.05, 3.63) is 58.4 Å². The van der Waals surface area contributed by atoms with E-state index in [2.05, 4.69) is 4.90 Å². The number of carbonyl (C=O) groups excluding carboxylic acids is 1. The van der Waals surface area contributed by atoms with Gasteiger partial charge in [0.2, 0.25) is 5.91 Å². The lowest BCUT2D eigenvalue weighted by atomic mass is 10.1. The molecule has 0 aromatic heterocycles. The van der Waals surface area contributed by atoms with Crippen LogP contribution in [0.15, 0.2) is 36.4 Å². The molecule has 1 saturated heterocycles. The molecular formula is C22H24ClFN2O3. The smallest absolute Gasteiger partial charge is 0.227 e. The van der Waals surface area contributed by atoms with Crippen molar-refractivity contribution in [1.29, 1.82) is 0 Å². The Kier molecular flexibility index (Phi) is 6.21. The SMILES string of the molecule is O=C(Cc1cc(Cl)c2c(c1)OCCO2)N1CCCN(Cc2ccc(F)cc2)CC1. The van der Waals surface area contributed by atoms with E-state index in [0.29, 0.717) is 36.3 Å². The van der Waals surface area contributed by atoms with Crippen LogP contribution >= 0.6 is 11.6 Å². The van der Waals surface area contributed by atoms with Crippen molar-refractivity contribution in [3.8, 4) is 11.5 Å². The van der Waals surface area contributed by atoms with E-state index in [9.17, 15) is 9.18 Å². The van der Waals surface area contributed by atoms with Gasteiger partial charge in [0.1, 0.15) is 19.0 Å². The molecule has 1 fully saturated rings. The first-order chi connectivity index (χ1) is 14.1. The number of hydrogen-bond donors (Lipinski definition) is 0. The fourth-order valence-electron chi connectivity index (χ4n) is 3.78. The molecule has 0 atom stereocenters. The van der Waals surface area contributed by atoms with Crippen molar-refractivity contribution in [1.82, 2.24) is 9.80 Å². The molecule has 1 amide bonds. The highest BCUT2D eigenvalue weighted by Crippen LogP contribution is 2.38. The Morgan fingerprint density at radius 2 is 1.79 bits per heavy atom. The molecule has 2 aliphatic heterocycles. The molecule has 0 N–H and O–H groups in total. The van der Waals surface area contributed by atoms with E-state index >= 15 is 0 Å². The van der Waals surface area contributed by atoms with Crippen molar-refractivity contribution < 1.29 is 18.7 Å². The van der Waals surface area contributed by atoms with Gasteiger partial charge < -0.3 is 14.4 Å². The summed E-state index contributed by atoms with van der Waals surface area (Å²) in [5.41, 5.74) is 1.91. The quantitative estimate of drug-likeness (QED) is 0.761. The number of nitrogens with zero attached hydrogens (tertiary/aromatic N) is 2. The maximum Gasteiger partial charge on any atom is 0.227 e. The molecule has 29 heavy (non-hydrogen) atoms. The molecule has 0 bridgehead atoms. The summed E-state index contributed by atoms with van der Waals surface area (Å²) in [5.74, 6) is 1.02. The van der Waals surface area contributed by atoms with Gasteiger partial charge in [0, 0.05) is 32.7 Å². The third-order valence-corrected chi connectivity index (χ3v) is 5.55. The van der Waals surface area contributed by atoms with E-state index in [4.69, 9.17) is 21.1 Å². The summed E-state index contributed by atoms with van der Waals surface area (Å²) < 4.78 is 24.2. The van der Waals surface area contributed by atoms with Crippen LogP contribution in [-0.4, -0.2) is 55.1 Å². The number of hydrogen-bond acceptors (Lipinski definition) is 4. The Labute approximate surface area is 175 Å². The molecule has 154 valence electrons. The average molecular weight is 419 g/mol.